The molecule has 30 heavy (non-hydrogen) atoms. The second-order valence-corrected chi connectivity index (χ2v) is 8.35. The maximum absolute atomic E-state index is 15.2. The molecule has 0 bridgehead atoms. The number of anilines is 1. The molecule has 156 valence electrons. The van der Waals surface area contributed by atoms with Crippen LogP contribution < -0.4 is 15.1 Å². The molecule has 1 aliphatic carbocycles. The average Bonchev–Trinajstić information content (AvgIpc) is 3.60. The highest BCUT2D eigenvalue weighted by Gasteiger charge is 2.27. The van der Waals surface area contributed by atoms with E-state index in [2.05, 4.69) is 21.4 Å². The number of nitrogens with zero attached hydrogens (tertiary/aromatic N) is 3. The topological polar surface area (TPSA) is 37.7 Å². The summed E-state index contributed by atoms with van der Waals surface area (Å²) < 4.78 is 22.7. The van der Waals surface area contributed by atoms with Gasteiger partial charge in [-0.25, -0.2) is 4.39 Å². The zero-order valence-electron chi connectivity index (χ0n) is 17.4. The van der Waals surface area contributed by atoms with Gasteiger partial charge in [-0.05, 0) is 49.7 Å². The number of likely N-dealkylation sites (N-methyl/N-ethyl adjacent to an activating group) is 1. The van der Waals surface area contributed by atoms with E-state index < -0.39 is 0 Å². The van der Waals surface area contributed by atoms with Gasteiger partial charge in [-0.15, -0.1) is 0 Å². The first-order valence-electron chi connectivity index (χ1n) is 10.5. The fraction of sp³-hybridized carbons (Fsp3) is 0.375. The Morgan fingerprint density at radius 2 is 1.83 bits per heavy atom. The zero-order valence-corrected chi connectivity index (χ0v) is 17.4. The van der Waals surface area contributed by atoms with E-state index in [1.165, 1.54) is 6.07 Å². The number of piperazine rings is 1. The van der Waals surface area contributed by atoms with Gasteiger partial charge < -0.3 is 19.1 Å². The third kappa shape index (κ3) is 3.35. The van der Waals surface area contributed by atoms with Crippen LogP contribution in [-0.4, -0.2) is 49.8 Å². The van der Waals surface area contributed by atoms with E-state index in [-0.39, 0.29) is 11.2 Å². The standard InChI is InChI=1S/C24H26FN3O2/c1-26-8-10-27(11-9-26)23-14-22-19(13-21(23)25)24(29)20(15-28(22)17-6-7-17)16-4-3-5-18(12-16)30-2/h3-5,12-15,17H,6-11H2,1-2H3. The highest BCUT2D eigenvalue weighted by Crippen LogP contribution is 2.39. The quantitative estimate of drug-likeness (QED) is 0.657. The lowest BCUT2D eigenvalue weighted by molar-refractivity contribution is 0.312. The number of halogens is 1. The van der Waals surface area contributed by atoms with E-state index in [1.807, 2.05) is 36.5 Å². The molecule has 5 rings (SSSR count). The van der Waals surface area contributed by atoms with Crippen molar-refractivity contribution in [3.8, 4) is 16.9 Å². The summed E-state index contributed by atoms with van der Waals surface area (Å²) in [6, 6.07) is 11.2. The van der Waals surface area contributed by atoms with Crippen molar-refractivity contribution in [3.63, 3.8) is 0 Å². The molecular weight excluding hydrogens is 381 g/mol. The predicted molar refractivity (Wildman–Crippen MR) is 118 cm³/mol. The van der Waals surface area contributed by atoms with Gasteiger partial charge in [-0.2, -0.15) is 0 Å². The van der Waals surface area contributed by atoms with E-state index in [0.29, 0.717) is 28.4 Å². The van der Waals surface area contributed by atoms with E-state index >= 15 is 4.39 Å². The lowest BCUT2D eigenvalue weighted by atomic mass is 10.0. The molecule has 2 fully saturated rings. The zero-order chi connectivity index (χ0) is 20.8. The van der Waals surface area contributed by atoms with Crippen molar-refractivity contribution in [3.05, 3.63) is 58.6 Å². The van der Waals surface area contributed by atoms with Gasteiger partial charge in [0.2, 0.25) is 0 Å². The molecule has 1 saturated carbocycles. The second-order valence-electron chi connectivity index (χ2n) is 8.35. The number of hydrogen-bond acceptors (Lipinski definition) is 4. The maximum Gasteiger partial charge on any atom is 0.197 e. The third-order valence-electron chi connectivity index (χ3n) is 6.27. The van der Waals surface area contributed by atoms with Gasteiger partial charge in [0.15, 0.2) is 5.43 Å². The molecule has 5 nitrogen and oxygen atoms in total. The van der Waals surface area contributed by atoms with Gasteiger partial charge in [0, 0.05) is 49.4 Å². The fourth-order valence-corrected chi connectivity index (χ4v) is 4.30. The normalized spacial score (nSPS) is 17.5. The Bertz CT molecular complexity index is 1160. The van der Waals surface area contributed by atoms with Gasteiger partial charge in [0.1, 0.15) is 11.6 Å². The van der Waals surface area contributed by atoms with Crippen LogP contribution in [0.15, 0.2) is 47.4 Å². The Morgan fingerprint density at radius 3 is 2.53 bits per heavy atom. The molecule has 1 saturated heterocycles. The van der Waals surface area contributed by atoms with Crippen LogP contribution in [0.2, 0.25) is 0 Å². The number of rotatable bonds is 4. The number of benzene rings is 2. The van der Waals surface area contributed by atoms with Crippen molar-refractivity contribution in [2.75, 3.05) is 45.2 Å². The molecular formula is C24H26FN3O2. The predicted octanol–water partition coefficient (Wildman–Crippen LogP) is 3.90. The van der Waals surface area contributed by atoms with Crippen molar-refractivity contribution in [1.29, 1.82) is 0 Å². The number of methoxy groups -OCH3 is 1. The van der Waals surface area contributed by atoms with Crippen LogP contribution in [0.4, 0.5) is 10.1 Å². The Kier molecular flexibility index (Phi) is 4.74. The number of hydrogen-bond donors (Lipinski definition) is 0. The summed E-state index contributed by atoms with van der Waals surface area (Å²) in [6.07, 6.45) is 4.11. The first kappa shape index (κ1) is 19.1. The summed E-state index contributed by atoms with van der Waals surface area (Å²) in [4.78, 5) is 17.7. The van der Waals surface area contributed by atoms with Crippen molar-refractivity contribution in [2.24, 2.45) is 0 Å². The van der Waals surface area contributed by atoms with E-state index in [4.69, 9.17) is 4.74 Å². The summed E-state index contributed by atoms with van der Waals surface area (Å²) >= 11 is 0. The molecule has 0 atom stereocenters. The minimum absolute atomic E-state index is 0.140. The summed E-state index contributed by atoms with van der Waals surface area (Å²) in [5.41, 5.74) is 2.65. The number of fused-ring (bicyclic) bond motifs is 1. The van der Waals surface area contributed by atoms with Crippen molar-refractivity contribution >= 4 is 16.6 Å². The maximum atomic E-state index is 15.2. The number of aromatic nitrogens is 1. The number of ether oxygens (including phenoxy) is 1. The first-order valence-corrected chi connectivity index (χ1v) is 10.5. The van der Waals surface area contributed by atoms with Gasteiger partial charge in [0.25, 0.3) is 0 Å². The van der Waals surface area contributed by atoms with Gasteiger partial charge in [-0.3, -0.25) is 4.79 Å². The Balaban J connectivity index is 1.68. The molecule has 0 radical (unpaired) electrons. The van der Waals surface area contributed by atoms with E-state index in [9.17, 15) is 4.79 Å². The third-order valence-corrected chi connectivity index (χ3v) is 6.27. The van der Waals surface area contributed by atoms with Crippen LogP contribution in [0.25, 0.3) is 22.0 Å². The second kappa shape index (κ2) is 7.43. The van der Waals surface area contributed by atoms with Crippen LogP contribution in [0.3, 0.4) is 0 Å². The van der Waals surface area contributed by atoms with Crippen LogP contribution in [0.5, 0.6) is 5.75 Å². The monoisotopic (exact) mass is 407 g/mol. The molecule has 1 aromatic heterocycles. The Labute approximate surface area is 175 Å². The largest absolute Gasteiger partial charge is 0.497 e. The summed E-state index contributed by atoms with van der Waals surface area (Å²) in [7, 11) is 3.69. The van der Waals surface area contributed by atoms with Gasteiger partial charge in [0.05, 0.1) is 18.3 Å². The lowest BCUT2D eigenvalue weighted by Crippen LogP contribution is -2.44. The fourth-order valence-electron chi connectivity index (χ4n) is 4.30. The minimum Gasteiger partial charge on any atom is -0.497 e. The molecule has 6 heteroatoms. The van der Waals surface area contributed by atoms with Crippen molar-refractivity contribution in [1.82, 2.24) is 9.47 Å². The number of pyridine rings is 1. The smallest absolute Gasteiger partial charge is 0.197 e. The average molecular weight is 407 g/mol. The van der Waals surface area contributed by atoms with Crippen molar-refractivity contribution in [2.45, 2.75) is 18.9 Å². The molecule has 2 aromatic carbocycles. The van der Waals surface area contributed by atoms with Crippen LogP contribution in [0.1, 0.15) is 18.9 Å². The molecule has 0 N–H and O–H groups in total. The lowest BCUT2D eigenvalue weighted by Gasteiger charge is -2.34. The highest BCUT2D eigenvalue weighted by molar-refractivity contribution is 5.87. The van der Waals surface area contributed by atoms with Crippen LogP contribution >= 0.6 is 0 Å². The molecule has 0 unspecified atom stereocenters. The molecule has 2 heterocycles. The summed E-state index contributed by atoms with van der Waals surface area (Å²) in [5.74, 6) is 0.371. The van der Waals surface area contributed by atoms with E-state index in [0.717, 1.165) is 50.1 Å². The van der Waals surface area contributed by atoms with Gasteiger partial charge >= 0.3 is 0 Å². The molecule has 2 aliphatic rings. The minimum atomic E-state index is -0.325. The Morgan fingerprint density at radius 1 is 1.07 bits per heavy atom. The molecule has 0 spiro atoms. The molecule has 3 aromatic rings. The highest BCUT2D eigenvalue weighted by atomic mass is 19.1. The van der Waals surface area contributed by atoms with Gasteiger partial charge in [-0.1, -0.05) is 12.1 Å². The molecule has 0 amide bonds. The van der Waals surface area contributed by atoms with Crippen LogP contribution in [-0.2, 0) is 0 Å². The van der Waals surface area contributed by atoms with E-state index in [1.54, 1.807) is 7.11 Å². The van der Waals surface area contributed by atoms with Crippen molar-refractivity contribution < 1.29 is 9.13 Å². The SMILES string of the molecule is COc1cccc(-c2cn(C3CC3)c3cc(N4CCN(C)CC4)c(F)cc3c2=O)c1. The van der Waals surface area contributed by atoms with Crippen LogP contribution in [0, 0.1) is 5.82 Å². The Hall–Kier alpha value is -2.86. The summed E-state index contributed by atoms with van der Waals surface area (Å²) in [5, 5.41) is 0.442. The first-order chi connectivity index (χ1) is 14.5. The molecule has 1 aliphatic heterocycles. The summed E-state index contributed by atoms with van der Waals surface area (Å²) in [6.45, 7) is 3.38.